The molecule has 1 amide bonds. The van der Waals surface area contributed by atoms with Gasteiger partial charge in [0.05, 0.1) is 24.2 Å². The van der Waals surface area contributed by atoms with Gasteiger partial charge in [0.25, 0.3) is 0 Å². The van der Waals surface area contributed by atoms with Crippen molar-refractivity contribution < 1.29 is 55.7 Å². The minimum absolute atomic E-state index is 0.0374. The van der Waals surface area contributed by atoms with Crippen molar-refractivity contribution in [1.82, 2.24) is 25.1 Å². The van der Waals surface area contributed by atoms with Crippen LogP contribution in [0.15, 0.2) is 48.8 Å². The van der Waals surface area contributed by atoms with Crippen LogP contribution in [0.2, 0.25) is 0 Å². The highest BCUT2D eigenvalue weighted by molar-refractivity contribution is 5.94. The Balaban J connectivity index is 0.000000392. The number of anilines is 1. The van der Waals surface area contributed by atoms with Crippen LogP contribution in [0.3, 0.4) is 0 Å². The SMILES string of the molecule is CN(C)CCN(C)c1nc(C2COc3ccc(C(N)=O)cc3C2)nc2ccc(-c3cn[nH]c3)cc12.O=C(O)C(F)(F)F.O=C(O)C(F)(F)F. The van der Waals surface area contributed by atoms with E-state index in [-0.39, 0.29) is 5.92 Å². The van der Waals surface area contributed by atoms with Crippen molar-refractivity contribution in [1.29, 1.82) is 0 Å². The maximum atomic E-state index is 11.7. The number of ether oxygens (including phenoxy) is 1. The third-order valence-electron chi connectivity index (χ3n) is 6.87. The number of H-pyrrole nitrogens is 1. The summed E-state index contributed by atoms with van der Waals surface area (Å²) in [6.45, 7) is 2.19. The smallest absolute Gasteiger partial charge is 0.490 e. The number of rotatable bonds is 7. The average Bonchev–Trinajstić information content (AvgIpc) is 3.57. The first-order valence-electron chi connectivity index (χ1n) is 14.1. The predicted molar refractivity (Wildman–Crippen MR) is 163 cm³/mol. The number of aromatic nitrogens is 4. The van der Waals surface area contributed by atoms with Gasteiger partial charge in [0.15, 0.2) is 0 Å². The number of nitrogens with two attached hydrogens (primary N) is 1. The zero-order valence-electron chi connectivity index (χ0n) is 26.1. The Labute approximate surface area is 274 Å². The van der Waals surface area contributed by atoms with Gasteiger partial charge in [-0.3, -0.25) is 9.89 Å². The van der Waals surface area contributed by atoms with Gasteiger partial charge in [-0.15, -0.1) is 0 Å². The Bertz CT molecular complexity index is 1760. The Morgan fingerprint density at radius 2 is 1.57 bits per heavy atom. The van der Waals surface area contributed by atoms with E-state index in [4.69, 9.17) is 40.2 Å². The van der Waals surface area contributed by atoms with Gasteiger partial charge in [0.1, 0.15) is 17.4 Å². The third-order valence-corrected chi connectivity index (χ3v) is 6.87. The number of carboxylic acids is 2. The Morgan fingerprint density at radius 3 is 2.10 bits per heavy atom. The summed E-state index contributed by atoms with van der Waals surface area (Å²) in [4.78, 5) is 43.8. The number of carbonyl (C=O) groups is 3. The van der Waals surface area contributed by atoms with Gasteiger partial charge in [0.2, 0.25) is 5.91 Å². The minimum atomic E-state index is -5.08. The third kappa shape index (κ3) is 10.5. The number of aliphatic carboxylic acids is 2. The first-order valence-corrected chi connectivity index (χ1v) is 14.1. The van der Waals surface area contributed by atoms with Crippen LogP contribution in [-0.4, -0.2) is 106 Å². The fourth-order valence-corrected chi connectivity index (χ4v) is 4.36. The second-order valence-corrected chi connectivity index (χ2v) is 10.9. The molecular formula is C30H31F6N7O6. The molecule has 5 N–H and O–H groups in total. The van der Waals surface area contributed by atoms with Crippen molar-refractivity contribution in [2.75, 3.05) is 45.7 Å². The van der Waals surface area contributed by atoms with Crippen molar-refractivity contribution in [3.8, 4) is 16.9 Å². The van der Waals surface area contributed by atoms with Gasteiger partial charge in [0, 0.05) is 42.8 Å². The molecule has 0 saturated heterocycles. The van der Waals surface area contributed by atoms with Crippen molar-refractivity contribution in [3.63, 3.8) is 0 Å². The summed E-state index contributed by atoms with van der Waals surface area (Å²) < 4.78 is 69.5. The van der Waals surface area contributed by atoms with Crippen molar-refractivity contribution in [3.05, 3.63) is 65.7 Å². The summed E-state index contributed by atoms with van der Waals surface area (Å²) in [5.74, 6) is -3.61. The van der Waals surface area contributed by atoms with E-state index in [9.17, 15) is 31.1 Å². The van der Waals surface area contributed by atoms with Crippen LogP contribution in [0.4, 0.5) is 32.2 Å². The molecule has 19 heteroatoms. The maximum absolute atomic E-state index is 11.7. The van der Waals surface area contributed by atoms with Crippen molar-refractivity contribution >= 4 is 34.6 Å². The fourth-order valence-electron chi connectivity index (χ4n) is 4.36. The molecule has 1 unspecified atom stereocenters. The van der Waals surface area contributed by atoms with Crippen molar-refractivity contribution in [2.45, 2.75) is 24.7 Å². The van der Waals surface area contributed by atoms with Crippen LogP contribution in [0, 0.1) is 0 Å². The molecule has 0 saturated carbocycles. The van der Waals surface area contributed by atoms with E-state index in [1.807, 2.05) is 30.6 Å². The summed E-state index contributed by atoms with van der Waals surface area (Å²) in [6.07, 6.45) is -5.80. The number of carboxylic acid groups (broad SMARTS) is 2. The minimum Gasteiger partial charge on any atom is -0.493 e. The monoisotopic (exact) mass is 699 g/mol. The van der Waals surface area contributed by atoms with E-state index in [2.05, 4.69) is 53.3 Å². The fraction of sp³-hybridized carbons (Fsp3) is 0.333. The van der Waals surface area contributed by atoms with Gasteiger partial charge in [-0.2, -0.15) is 31.4 Å². The lowest BCUT2D eigenvalue weighted by molar-refractivity contribution is -0.193. The molecule has 2 aromatic carbocycles. The Morgan fingerprint density at radius 1 is 0.939 bits per heavy atom. The molecule has 4 aromatic rings. The summed E-state index contributed by atoms with van der Waals surface area (Å²) in [5.41, 5.74) is 9.85. The van der Waals surface area contributed by atoms with Gasteiger partial charge < -0.3 is 30.5 Å². The first kappa shape index (κ1) is 38.0. The van der Waals surface area contributed by atoms with E-state index < -0.39 is 30.2 Å². The van der Waals surface area contributed by atoms with E-state index in [0.29, 0.717) is 18.6 Å². The van der Waals surface area contributed by atoms with Crippen LogP contribution >= 0.6 is 0 Å². The lowest BCUT2D eigenvalue weighted by Gasteiger charge is -2.27. The van der Waals surface area contributed by atoms with E-state index in [0.717, 1.165) is 58.1 Å². The molecule has 0 spiro atoms. The molecule has 13 nitrogen and oxygen atoms in total. The van der Waals surface area contributed by atoms with Gasteiger partial charge in [-0.05, 0) is 62.0 Å². The lowest BCUT2D eigenvalue weighted by Crippen LogP contribution is -2.30. The predicted octanol–water partition coefficient (Wildman–Crippen LogP) is 4.10. The highest BCUT2D eigenvalue weighted by Gasteiger charge is 2.39. The number of primary amides is 1. The van der Waals surface area contributed by atoms with Crippen LogP contribution in [0.1, 0.15) is 27.7 Å². The molecule has 0 radical (unpaired) electrons. The number of likely N-dealkylation sites (N-methyl/N-ethyl adjacent to an activating group) is 2. The number of aromatic amines is 1. The van der Waals surface area contributed by atoms with E-state index in [1.54, 1.807) is 6.07 Å². The number of hydrogen-bond acceptors (Lipinski definition) is 9. The Hall–Kier alpha value is -5.46. The summed E-state index contributed by atoms with van der Waals surface area (Å²) in [7, 11) is 6.18. The molecule has 0 aliphatic carbocycles. The largest absolute Gasteiger partial charge is 0.493 e. The summed E-state index contributed by atoms with van der Waals surface area (Å²) in [5, 5.41) is 22.2. The Kier molecular flexibility index (Phi) is 12.1. The molecule has 0 bridgehead atoms. The number of halogens is 6. The molecule has 5 rings (SSSR count). The van der Waals surface area contributed by atoms with Gasteiger partial charge in [-0.1, -0.05) is 6.07 Å². The lowest BCUT2D eigenvalue weighted by atomic mass is 9.94. The molecule has 1 atom stereocenters. The molecule has 0 fully saturated rings. The highest BCUT2D eigenvalue weighted by Crippen LogP contribution is 2.35. The summed E-state index contributed by atoms with van der Waals surface area (Å²) in [6, 6.07) is 11.5. The molecular weight excluding hydrogens is 668 g/mol. The summed E-state index contributed by atoms with van der Waals surface area (Å²) >= 11 is 0. The van der Waals surface area contributed by atoms with E-state index >= 15 is 0 Å². The standard InChI is InChI=1S/C26H29N7O2.2C2HF3O2/c1-32(2)8-9-33(3)26-21-12-16(20-13-28-29-14-20)4-6-22(21)30-25(31-26)19-11-18-10-17(24(27)34)5-7-23(18)35-15-19;2*3-2(4,5)1(6)7/h4-7,10,12-14,19H,8-9,11,15H2,1-3H3,(H2,27,34)(H,28,29);2*(H,6,7). The maximum Gasteiger partial charge on any atom is 0.490 e. The zero-order valence-corrected chi connectivity index (χ0v) is 26.1. The van der Waals surface area contributed by atoms with Crippen LogP contribution < -0.4 is 15.4 Å². The van der Waals surface area contributed by atoms with Crippen LogP contribution in [0.5, 0.6) is 5.75 Å². The number of alkyl halides is 6. The number of nitrogens with one attached hydrogen (secondary N) is 1. The van der Waals surface area contributed by atoms with Crippen LogP contribution in [0.25, 0.3) is 22.0 Å². The topological polar surface area (TPSA) is 188 Å². The first-order chi connectivity index (χ1) is 22.8. The molecule has 1 aliphatic heterocycles. The molecule has 2 aromatic heterocycles. The van der Waals surface area contributed by atoms with E-state index in [1.165, 1.54) is 0 Å². The number of carbonyl (C=O) groups excluding carboxylic acids is 1. The van der Waals surface area contributed by atoms with Crippen LogP contribution in [-0.2, 0) is 16.0 Å². The quantitative estimate of drug-likeness (QED) is 0.203. The number of nitrogens with zero attached hydrogens (tertiary/aromatic N) is 5. The zero-order chi connectivity index (χ0) is 36.7. The molecule has 49 heavy (non-hydrogen) atoms. The van der Waals surface area contributed by atoms with Gasteiger partial charge >= 0.3 is 24.3 Å². The highest BCUT2D eigenvalue weighted by atomic mass is 19.4. The second-order valence-electron chi connectivity index (χ2n) is 10.9. The molecule has 264 valence electrons. The number of fused-ring (bicyclic) bond motifs is 2. The molecule has 1 aliphatic rings. The van der Waals surface area contributed by atoms with Crippen molar-refractivity contribution in [2.24, 2.45) is 5.73 Å². The van der Waals surface area contributed by atoms with Gasteiger partial charge in [-0.25, -0.2) is 19.6 Å². The normalized spacial score (nSPS) is 14.0. The number of amides is 1. The number of benzene rings is 2. The second kappa shape index (κ2) is 15.6. The number of hydrogen-bond donors (Lipinski definition) is 4. The average molecular weight is 700 g/mol. The molecule has 3 heterocycles.